The van der Waals surface area contributed by atoms with E-state index in [1.54, 1.807) is 17.2 Å². The second-order valence-corrected chi connectivity index (χ2v) is 15.3. The first kappa shape index (κ1) is 37.2. The van der Waals surface area contributed by atoms with Gasteiger partial charge in [0.1, 0.15) is 22.5 Å². The van der Waals surface area contributed by atoms with Gasteiger partial charge in [0.15, 0.2) is 5.69 Å². The number of nitrogens with one attached hydrogen (secondary N) is 3. The largest absolute Gasteiger partial charge is 0.443 e. The number of likely N-dealkylation sites (tertiary alicyclic amines) is 1. The lowest BCUT2D eigenvalue weighted by Gasteiger charge is -2.37. The number of oxazole rings is 1. The van der Waals surface area contributed by atoms with Gasteiger partial charge in [-0.1, -0.05) is 50.6 Å². The smallest absolute Gasteiger partial charge is 0.274 e. The Kier molecular flexibility index (Phi) is 12.0. The fourth-order valence-electron chi connectivity index (χ4n) is 7.03. The van der Waals surface area contributed by atoms with Crippen molar-refractivity contribution < 1.29 is 28.4 Å². The topological polar surface area (TPSA) is 167 Å². The molecule has 52 heavy (non-hydrogen) atoms. The molecular formula is C38H49N7O6S. The van der Waals surface area contributed by atoms with Gasteiger partial charge in [0.05, 0.1) is 6.04 Å². The molecule has 2 aromatic heterocycles. The van der Waals surface area contributed by atoms with E-state index in [1.807, 2.05) is 49.1 Å². The number of rotatable bonds is 5. The van der Waals surface area contributed by atoms with E-state index in [1.165, 1.54) is 11.3 Å². The summed E-state index contributed by atoms with van der Waals surface area (Å²) in [6.07, 6.45) is 5.12. The van der Waals surface area contributed by atoms with E-state index in [0.29, 0.717) is 56.1 Å². The van der Waals surface area contributed by atoms with Gasteiger partial charge in [-0.25, -0.2) is 9.97 Å². The predicted octanol–water partition coefficient (Wildman–Crippen LogP) is 4.36. The van der Waals surface area contributed by atoms with Crippen molar-refractivity contribution in [1.82, 2.24) is 35.7 Å². The SMILES string of the molecule is Cc1oc2nc1C(=O)N[C@@H](C(C)C)c1nc(cs1)C(=O)NCCN(C(=O)C1CCN(C(=O)C3CCC3)CC1)CCCC(=O)N[C@H]2Cc1ccccc1. The fourth-order valence-corrected chi connectivity index (χ4v) is 8.05. The third kappa shape index (κ3) is 8.88. The molecule has 1 saturated carbocycles. The number of thiazole rings is 1. The van der Waals surface area contributed by atoms with Gasteiger partial charge >= 0.3 is 0 Å². The fraction of sp³-hybridized carbons (Fsp3) is 0.553. The Morgan fingerprint density at radius 2 is 1.58 bits per heavy atom. The molecule has 3 aliphatic rings. The third-order valence-corrected chi connectivity index (χ3v) is 11.3. The summed E-state index contributed by atoms with van der Waals surface area (Å²) >= 11 is 1.29. The second-order valence-electron chi connectivity index (χ2n) is 14.4. The van der Waals surface area contributed by atoms with Crippen molar-refractivity contribution in [2.45, 2.75) is 84.2 Å². The highest BCUT2D eigenvalue weighted by atomic mass is 32.1. The molecule has 14 heteroatoms. The van der Waals surface area contributed by atoms with Crippen molar-refractivity contribution >= 4 is 40.9 Å². The van der Waals surface area contributed by atoms with E-state index >= 15 is 0 Å². The average molecular weight is 732 g/mol. The number of carbonyl (C=O) groups is 5. The molecule has 13 nitrogen and oxygen atoms in total. The van der Waals surface area contributed by atoms with E-state index in [9.17, 15) is 24.0 Å². The Morgan fingerprint density at radius 1 is 0.885 bits per heavy atom. The summed E-state index contributed by atoms with van der Waals surface area (Å²) in [4.78, 5) is 79.8. The zero-order valence-electron chi connectivity index (χ0n) is 30.2. The van der Waals surface area contributed by atoms with Gasteiger partial charge in [0, 0.05) is 62.8 Å². The highest BCUT2D eigenvalue weighted by molar-refractivity contribution is 7.09. The van der Waals surface area contributed by atoms with E-state index < -0.39 is 18.0 Å². The van der Waals surface area contributed by atoms with Crippen molar-refractivity contribution in [3.05, 3.63) is 69.3 Å². The number of benzene rings is 1. The molecular weight excluding hydrogens is 683 g/mol. The van der Waals surface area contributed by atoms with Crippen LogP contribution < -0.4 is 16.0 Å². The molecule has 4 bridgehead atoms. The van der Waals surface area contributed by atoms with Crippen molar-refractivity contribution in [3.8, 4) is 0 Å². The Labute approximate surface area is 308 Å². The van der Waals surface area contributed by atoms with Gasteiger partial charge in [-0.15, -0.1) is 11.3 Å². The first-order valence-corrected chi connectivity index (χ1v) is 19.4. The van der Waals surface area contributed by atoms with Crippen LogP contribution in [0.1, 0.15) is 114 Å². The van der Waals surface area contributed by atoms with Gasteiger partial charge in [-0.2, -0.15) is 0 Å². The lowest BCUT2D eigenvalue weighted by molar-refractivity contribution is -0.144. The lowest BCUT2D eigenvalue weighted by Crippen LogP contribution is -2.48. The van der Waals surface area contributed by atoms with Gasteiger partial charge in [-0.3, -0.25) is 24.0 Å². The number of carbonyl (C=O) groups excluding carboxylic acids is 5. The van der Waals surface area contributed by atoms with Crippen LogP contribution in [-0.4, -0.2) is 82.0 Å². The van der Waals surface area contributed by atoms with Crippen molar-refractivity contribution in [3.63, 3.8) is 0 Å². The normalized spacial score (nSPS) is 21.6. The van der Waals surface area contributed by atoms with Crippen LogP contribution in [0.2, 0.25) is 0 Å². The van der Waals surface area contributed by atoms with Crippen LogP contribution in [-0.2, 0) is 20.8 Å². The van der Waals surface area contributed by atoms with Crippen LogP contribution in [0, 0.1) is 24.7 Å². The molecule has 278 valence electrons. The van der Waals surface area contributed by atoms with E-state index in [-0.39, 0.29) is 78.2 Å². The van der Waals surface area contributed by atoms with Gasteiger partial charge in [-0.05, 0) is 50.5 Å². The molecule has 5 amide bonds. The van der Waals surface area contributed by atoms with Crippen molar-refractivity contribution in [2.24, 2.45) is 17.8 Å². The molecule has 0 unspecified atom stereocenters. The zero-order valence-corrected chi connectivity index (χ0v) is 31.0. The number of hydrogen-bond donors (Lipinski definition) is 3. The van der Waals surface area contributed by atoms with Crippen molar-refractivity contribution in [1.29, 1.82) is 0 Å². The maximum atomic E-state index is 13.9. The molecule has 2 aliphatic heterocycles. The molecule has 6 rings (SSSR count). The maximum absolute atomic E-state index is 13.9. The third-order valence-electron chi connectivity index (χ3n) is 10.3. The summed E-state index contributed by atoms with van der Waals surface area (Å²) in [6.45, 7) is 7.51. The standard InChI is InChI=1S/C38H49N7O6S/c1-23(2)31-36-41-29(22-52-36)33(47)39-16-20-44(38(50)27-14-18-45(19-15-27)37(49)26-11-7-12-26)17-8-13-30(46)40-28(21-25-9-5-4-6-10-25)35-43-32(24(3)51-35)34(48)42-31/h4-6,9-10,22-23,26-28,31H,7-8,11-21H2,1-3H3,(H,39,47)(H,40,46)(H,42,48)/t28-,31-/m0/s1. The van der Waals surface area contributed by atoms with Crippen LogP contribution in [0.5, 0.6) is 0 Å². The lowest BCUT2D eigenvalue weighted by atomic mass is 9.83. The summed E-state index contributed by atoms with van der Waals surface area (Å²) in [5, 5.41) is 11.2. The number of aromatic nitrogens is 2. The zero-order chi connectivity index (χ0) is 36.8. The molecule has 0 radical (unpaired) electrons. The van der Waals surface area contributed by atoms with Crippen LogP contribution >= 0.6 is 11.3 Å². The number of amides is 5. The summed E-state index contributed by atoms with van der Waals surface area (Å²) in [6, 6.07) is 8.54. The highest BCUT2D eigenvalue weighted by Crippen LogP contribution is 2.31. The van der Waals surface area contributed by atoms with E-state index in [2.05, 4.69) is 25.9 Å². The van der Waals surface area contributed by atoms with Crippen molar-refractivity contribution in [2.75, 3.05) is 32.7 Å². The Hall–Kier alpha value is -4.59. The molecule has 1 aliphatic carbocycles. The molecule has 3 N–H and O–H groups in total. The molecule has 1 saturated heterocycles. The summed E-state index contributed by atoms with van der Waals surface area (Å²) in [5.74, 6) is -0.473. The molecule has 0 spiro atoms. The minimum atomic E-state index is -0.635. The molecule has 3 aromatic rings. The number of aryl methyl sites for hydroxylation is 1. The number of nitrogens with zero attached hydrogens (tertiary/aromatic N) is 4. The summed E-state index contributed by atoms with van der Waals surface area (Å²) < 4.78 is 6.04. The number of hydrogen-bond acceptors (Lipinski definition) is 9. The maximum Gasteiger partial charge on any atom is 0.274 e. The first-order chi connectivity index (χ1) is 25.1. The number of piperidine rings is 1. The minimum absolute atomic E-state index is 0.0243. The minimum Gasteiger partial charge on any atom is -0.443 e. The van der Waals surface area contributed by atoms with Gasteiger partial charge < -0.3 is 30.2 Å². The monoisotopic (exact) mass is 731 g/mol. The summed E-state index contributed by atoms with van der Waals surface area (Å²) in [7, 11) is 0. The highest BCUT2D eigenvalue weighted by Gasteiger charge is 2.35. The quantitative estimate of drug-likeness (QED) is 0.348. The summed E-state index contributed by atoms with van der Waals surface area (Å²) in [5.41, 5.74) is 1.31. The molecule has 2 atom stereocenters. The molecule has 2 fully saturated rings. The average Bonchev–Trinajstić information content (AvgIpc) is 3.76. The Balaban J connectivity index is 1.22. The molecule has 4 heterocycles. The van der Waals surface area contributed by atoms with Crippen LogP contribution in [0.4, 0.5) is 0 Å². The van der Waals surface area contributed by atoms with Gasteiger partial charge in [0.2, 0.25) is 23.6 Å². The Bertz CT molecular complexity index is 1740. The predicted molar refractivity (Wildman–Crippen MR) is 194 cm³/mol. The van der Waals surface area contributed by atoms with Crippen LogP contribution in [0.3, 0.4) is 0 Å². The molecule has 1 aromatic carbocycles. The van der Waals surface area contributed by atoms with Crippen LogP contribution in [0.15, 0.2) is 40.1 Å². The van der Waals surface area contributed by atoms with E-state index in [4.69, 9.17) is 4.42 Å². The van der Waals surface area contributed by atoms with E-state index in [0.717, 1.165) is 24.8 Å². The van der Waals surface area contributed by atoms with Gasteiger partial charge in [0.25, 0.3) is 11.8 Å². The Morgan fingerprint density at radius 3 is 2.25 bits per heavy atom. The second kappa shape index (κ2) is 16.8. The van der Waals surface area contributed by atoms with Crippen LogP contribution in [0.25, 0.3) is 0 Å². The first-order valence-electron chi connectivity index (χ1n) is 18.5. The number of fused-ring (bicyclic) bond motifs is 4.